The molecule has 1 heterocycles. The molecule has 1 N–H and O–H groups in total. The minimum Gasteiger partial charge on any atom is -0.486 e. The molecule has 2 aliphatic carbocycles. The topological polar surface area (TPSA) is 64.4 Å². The molecule has 2 aliphatic rings. The number of carbonyl (C=O) groups excluding carboxylic acids is 1. The van der Waals surface area contributed by atoms with Crippen LogP contribution >= 0.6 is 0 Å². The van der Waals surface area contributed by atoms with Crippen molar-refractivity contribution >= 4 is 5.91 Å². The fraction of sp³-hybridized carbons (Fsp3) is 0.524. The highest BCUT2D eigenvalue weighted by molar-refractivity contribution is 5.94. The number of benzene rings is 1. The Bertz CT molecular complexity index is 883. The number of ether oxygens (including phenoxy) is 1. The fourth-order valence-corrected chi connectivity index (χ4v) is 4.77. The Kier molecular flexibility index (Phi) is 5.08. The third kappa shape index (κ3) is 3.62. The Morgan fingerprint density at radius 2 is 2.18 bits per heavy atom. The van der Waals surface area contributed by atoms with E-state index in [1.165, 1.54) is 31.7 Å². The van der Waals surface area contributed by atoms with E-state index in [0.29, 0.717) is 23.2 Å². The number of rotatable bonds is 6. The minimum absolute atomic E-state index is 0.0584. The molecule has 2 bridgehead atoms. The predicted molar refractivity (Wildman–Crippen MR) is 97.8 cm³/mol. The van der Waals surface area contributed by atoms with Crippen molar-refractivity contribution in [3.8, 4) is 5.75 Å². The SMILES string of the molecule is Cc1onc(C(=O)NC(C)C2CC3CCC2C3)c1COc1ccc(F)cc1F. The largest absolute Gasteiger partial charge is 0.486 e. The summed E-state index contributed by atoms with van der Waals surface area (Å²) < 4.78 is 37.4. The maximum absolute atomic E-state index is 13.8. The molecule has 0 spiro atoms. The first-order valence-electron chi connectivity index (χ1n) is 9.76. The normalized spacial score (nSPS) is 24.4. The molecule has 4 rings (SSSR count). The van der Waals surface area contributed by atoms with Gasteiger partial charge in [0.1, 0.15) is 18.2 Å². The summed E-state index contributed by atoms with van der Waals surface area (Å²) in [4.78, 5) is 12.8. The van der Waals surface area contributed by atoms with Gasteiger partial charge in [0, 0.05) is 12.1 Å². The van der Waals surface area contributed by atoms with Gasteiger partial charge in [-0.3, -0.25) is 4.79 Å². The van der Waals surface area contributed by atoms with E-state index >= 15 is 0 Å². The summed E-state index contributed by atoms with van der Waals surface area (Å²) in [5, 5.41) is 6.92. The van der Waals surface area contributed by atoms with Gasteiger partial charge in [0.25, 0.3) is 5.91 Å². The molecular weight excluding hydrogens is 366 g/mol. The van der Waals surface area contributed by atoms with Gasteiger partial charge in [-0.1, -0.05) is 11.6 Å². The van der Waals surface area contributed by atoms with Crippen molar-refractivity contribution in [1.82, 2.24) is 10.5 Å². The van der Waals surface area contributed by atoms with E-state index in [1.54, 1.807) is 6.92 Å². The minimum atomic E-state index is -0.801. The Morgan fingerprint density at radius 3 is 2.86 bits per heavy atom. The van der Waals surface area contributed by atoms with Crippen LogP contribution in [0.3, 0.4) is 0 Å². The van der Waals surface area contributed by atoms with Crippen molar-refractivity contribution in [3.63, 3.8) is 0 Å². The van der Waals surface area contributed by atoms with Crippen LogP contribution in [0, 0.1) is 36.3 Å². The van der Waals surface area contributed by atoms with E-state index in [2.05, 4.69) is 10.5 Å². The third-order valence-electron chi connectivity index (χ3n) is 6.26. The average Bonchev–Trinajstić information content (AvgIpc) is 3.37. The first kappa shape index (κ1) is 18.9. The lowest BCUT2D eigenvalue weighted by Crippen LogP contribution is -2.40. The van der Waals surface area contributed by atoms with Crippen LogP contribution in [0.5, 0.6) is 5.75 Å². The zero-order valence-corrected chi connectivity index (χ0v) is 16.0. The third-order valence-corrected chi connectivity index (χ3v) is 6.26. The number of carbonyl (C=O) groups is 1. The second-order valence-corrected chi connectivity index (χ2v) is 8.03. The molecular formula is C21H24F2N2O3. The summed E-state index contributed by atoms with van der Waals surface area (Å²) in [7, 11) is 0. The zero-order valence-electron chi connectivity index (χ0n) is 16.0. The molecule has 2 saturated carbocycles. The highest BCUT2D eigenvalue weighted by atomic mass is 19.1. The Morgan fingerprint density at radius 1 is 1.36 bits per heavy atom. The van der Waals surface area contributed by atoms with Gasteiger partial charge in [0.2, 0.25) is 0 Å². The van der Waals surface area contributed by atoms with Crippen LogP contribution in [0.4, 0.5) is 8.78 Å². The number of aromatic nitrogens is 1. The van der Waals surface area contributed by atoms with Crippen molar-refractivity contribution < 1.29 is 22.8 Å². The van der Waals surface area contributed by atoms with Crippen LogP contribution in [0.2, 0.25) is 0 Å². The standard InChI is InChI=1S/C21H24F2N2O3/c1-11(16-8-13-3-4-14(16)7-13)24-21(26)20-17(12(2)28-25-20)10-27-19-6-5-15(22)9-18(19)23/h5-6,9,11,13-14,16H,3-4,7-8,10H2,1-2H3,(H,24,26). The lowest BCUT2D eigenvalue weighted by atomic mass is 9.84. The number of nitrogens with zero attached hydrogens (tertiary/aromatic N) is 1. The molecule has 28 heavy (non-hydrogen) atoms. The molecule has 1 aromatic carbocycles. The van der Waals surface area contributed by atoms with Crippen molar-refractivity contribution in [2.75, 3.05) is 0 Å². The summed E-state index contributed by atoms with van der Waals surface area (Å²) >= 11 is 0. The molecule has 4 atom stereocenters. The average molecular weight is 390 g/mol. The Labute approximate surface area is 162 Å². The first-order valence-corrected chi connectivity index (χ1v) is 9.76. The second-order valence-electron chi connectivity index (χ2n) is 8.03. The smallest absolute Gasteiger partial charge is 0.274 e. The summed E-state index contributed by atoms with van der Waals surface area (Å²) in [5.41, 5.74) is 0.608. The monoisotopic (exact) mass is 390 g/mol. The number of halogens is 2. The molecule has 0 saturated heterocycles. The summed E-state index contributed by atoms with van der Waals surface area (Å²) in [6.45, 7) is 3.62. The molecule has 150 valence electrons. The van der Waals surface area contributed by atoms with E-state index in [0.717, 1.165) is 18.1 Å². The van der Waals surface area contributed by atoms with E-state index in [-0.39, 0.29) is 30.0 Å². The lowest BCUT2D eigenvalue weighted by molar-refractivity contribution is 0.0904. The van der Waals surface area contributed by atoms with Crippen LogP contribution in [-0.4, -0.2) is 17.1 Å². The summed E-state index contributed by atoms with van der Waals surface area (Å²) in [6, 6.07) is 3.14. The molecule has 0 radical (unpaired) electrons. The van der Waals surface area contributed by atoms with Crippen molar-refractivity contribution in [2.24, 2.45) is 17.8 Å². The van der Waals surface area contributed by atoms with Crippen molar-refractivity contribution in [3.05, 3.63) is 46.9 Å². The van der Waals surface area contributed by atoms with Gasteiger partial charge in [-0.2, -0.15) is 0 Å². The van der Waals surface area contributed by atoms with Gasteiger partial charge >= 0.3 is 0 Å². The van der Waals surface area contributed by atoms with Gasteiger partial charge < -0.3 is 14.6 Å². The van der Waals surface area contributed by atoms with Crippen molar-refractivity contribution in [1.29, 1.82) is 0 Å². The number of amides is 1. The molecule has 0 aliphatic heterocycles. The van der Waals surface area contributed by atoms with Gasteiger partial charge in [0.15, 0.2) is 17.3 Å². The van der Waals surface area contributed by atoms with Gasteiger partial charge in [0.05, 0.1) is 5.56 Å². The molecule has 1 aromatic heterocycles. The van der Waals surface area contributed by atoms with Gasteiger partial charge in [-0.25, -0.2) is 8.78 Å². The highest BCUT2D eigenvalue weighted by Crippen LogP contribution is 2.49. The van der Waals surface area contributed by atoms with E-state index in [1.807, 2.05) is 6.92 Å². The van der Waals surface area contributed by atoms with E-state index in [4.69, 9.17) is 9.26 Å². The highest BCUT2D eigenvalue weighted by Gasteiger charge is 2.42. The van der Waals surface area contributed by atoms with Crippen LogP contribution in [0.25, 0.3) is 0 Å². The molecule has 2 fully saturated rings. The fourth-order valence-electron chi connectivity index (χ4n) is 4.77. The number of nitrogens with one attached hydrogen (secondary N) is 1. The predicted octanol–water partition coefficient (Wildman–Crippen LogP) is 4.39. The lowest BCUT2D eigenvalue weighted by Gasteiger charge is -2.28. The van der Waals surface area contributed by atoms with Gasteiger partial charge in [-0.05, 0) is 63.0 Å². The number of hydrogen-bond acceptors (Lipinski definition) is 4. The first-order chi connectivity index (χ1) is 13.4. The number of fused-ring (bicyclic) bond motifs is 2. The Hall–Kier alpha value is -2.44. The van der Waals surface area contributed by atoms with Crippen LogP contribution in [0.15, 0.2) is 22.7 Å². The summed E-state index contributed by atoms with van der Waals surface area (Å²) in [5.74, 6) is 0.547. The molecule has 1 amide bonds. The van der Waals surface area contributed by atoms with Crippen molar-refractivity contribution in [2.45, 2.75) is 52.2 Å². The van der Waals surface area contributed by atoms with Gasteiger partial charge in [-0.15, -0.1) is 0 Å². The zero-order chi connectivity index (χ0) is 19.8. The molecule has 7 heteroatoms. The second kappa shape index (κ2) is 7.53. The molecule has 4 unspecified atom stereocenters. The quantitative estimate of drug-likeness (QED) is 0.794. The molecule has 2 aromatic rings. The molecule has 5 nitrogen and oxygen atoms in total. The Balaban J connectivity index is 1.43. The van der Waals surface area contributed by atoms with Crippen LogP contribution in [-0.2, 0) is 6.61 Å². The van der Waals surface area contributed by atoms with E-state index < -0.39 is 11.6 Å². The maximum Gasteiger partial charge on any atom is 0.274 e. The maximum atomic E-state index is 13.8. The van der Waals surface area contributed by atoms with E-state index in [9.17, 15) is 13.6 Å². The number of hydrogen-bond donors (Lipinski definition) is 1. The number of aryl methyl sites for hydroxylation is 1. The summed E-state index contributed by atoms with van der Waals surface area (Å²) in [6.07, 6.45) is 5.01. The van der Waals surface area contributed by atoms with Crippen LogP contribution in [0.1, 0.15) is 54.4 Å². The van der Waals surface area contributed by atoms with Crippen LogP contribution < -0.4 is 10.1 Å².